The minimum atomic E-state index is -0.409. The monoisotopic (exact) mass is 430 g/mol. The highest BCUT2D eigenvalue weighted by atomic mass is 16.5. The lowest BCUT2D eigenvalue weighted by molar-refractivity contribution is -0.120. The molecule has 0 unspecified atom stereocenters. The van der Waals surface area contributed by atoms with Crippen LogP contribution in [-0.2, 0) is 9.59 Å². The van der Waals surface area contributed by atoms with Gasteiger partial charge in [-0.2, -0.15) is 0 Å². The van der Waals surface area contributed by atoms with Gasteiger partial charge in [0, 0.05) is 12.6 Å². The molecule has 6 nitrogen and oxygen atoms in total. The first-order chi connectivity index (χ1) is 15.5. The average molecular weight is 431 g/mol. The van der Waals surface area contributed by atoms with E-state index in [-0.39, 0.29) is 11.6 Å². The van der Waals surface area contributed by atoms with Gasteiger partial charge in [-0.05, 0) is 60.5 Å². The summed E-state index contributed by atoms with van der Waals surface area (Å²) in [5.74, 6) is 0.731. The Labute approximate surface area is 187 Å². The van der Waals surface area contributed by atoms with Crippen molar-refractivity contribution in [3.63, 3.8) is 0 Å². The molecular formula is C26H26N2O4. The molecule has 3 rings (SSSR count). The van der Waals surface area contributed by atoms with Gasteiger partial charge in [0.05, 0.1) is 0 Å². The van der Waals surface area contributed by atoms with E-state index in [2.05, 4.69) is 10.6 Å². The Balaban J connectivity index is 1.57. The number of amides is 2. The topological polar surface area (TPSA) is 76.7 Å². The molecule has 0 atom stereocenters. The number of carbonyl (C=O) groups is 2. The molecular weight excluding hydrogens is 404 g/mol. The Bertz CT molecular complexity index is 1080. The SMILES string of the molecule is CC(=O)N/C(=C\c1ccccc1C)C(=O)Nc1ccc(OCCOc2ccccc2)cc1. The van der Waals surface area contributed by atoms with Gasteiger partial charge in [-0.15, -0.1) is 0 Å². The van der Waals surface area contributed by atoms with E-state index in [9.17, 15) is 9.59 Å². The van der Waals surface area contributed by atoms with Crippen LogP contribution in [0.1, 0.15) is 18.1 Å². The molecule has 0 heterocycles. The number of hydrogen-bond acceptors (Lipinski definition) is 4. The highest BCUT2D eigenvalue weighted by molar-refractivity contribution is 6.08. The van der Waals surface area contributed by atoms with E-state index in [1.54, 1.807) is 30.3 Å². The summed E-state index contributed by atoms with van der Waals surface area (Å²) in [6.45, 7) is 4.13. The second-order valence-electron chi connectivity index (χ2n) is 7.08. The van der Waals surface area contributed by atoms with E-state index >= 15 is 0 Å². The van der Waals surface area contributed by atoms with Crippen molar-refractivity contribution in [1.82, 2.24) is 5.32 Å². The van der Waals surface area contributed by atoms with Crippen LogP contribution >= 0.6 is 0 Å². The summed E-state index contributed by atoms with van der Waals surface area (Å²) in [4.78, 5) is 24.3. The minimum absolute atomic E-state index is 0.171. The van der Waals surface area contributed by atoms with Crippen LogP contribution in [0, 0.1) is 6.92 Å². The first-order valence-corrected chi connectivity index (χ1v) is 10.3. The zero-order valence-corrected chi connectivity index (χ0v) is 18.1. The van der Waals surface area contributed by atoms with Crippen molar-refractivity contribution in [3.8, 4) is 11.5 Å². The van der Waals surface area contributed by atoms with Gasteiger partial charge in [0.25, 0.3) is 5.91 Å². The number of hydrogen-bond donors (Lipinski definition) is 2. The largest absolute Gasteiger partial charge is 0.490 e. The van der Waals surface area contributed by atoms with Gasteiger partial charge in [0.2, 0.25) is 5.91 Å². The number of para-hydroxylation sites is 1. The second-order valence-corrected chi connectivity index (χ2v) is 7.08. The lowest BCUT2D eigenvalue weighted by Crippen LogP contribution is -2.29. The molecule has 0 spiro atoms. The van der Waals surface area contributed by atoms with Crippen molar-refractivity contribution < 1.29 is 19.1 Å². The number of aryl methyl sites for hydroxylation is 1. The molecule has 0 radical (unpaired) electrons. The molecule has 0 saturated carbocycles. The number of ether oxygens (including phenoxy) is 2. The second kappa shape index (κ2) is 11.4. The zero-order chi connectivity index (χ0) is 22.8. The van der Waals surface area contributed by atoms with E-state index in [0.717, 1.165) is 16.9 Å². The summed E-state index contributed by atoms with van der Waals surface area (Å²) in [6, 6.07) is 24.2. The van der Waals surface area contributed by atoms with Crippen LogP contribution < -0.4 is 20.1 Å². The number of benzene rings is 3. The average Bonchev–Trinajstić information content (AvgIpc) is 2.79. The van der Waals surface area contributed by atoms with Gasteiger partial charge in [0.1, 0.15) is 30.4 Å². The predicted octanol–water partition coefficient (Wildman–Crippen LogP) is 4.57. The summed E-state index contributed by atoms with van der Waals surface area (Å²) in [6.07, 6.45) is 1.66. The van der Waals surface area contributed by atoms with Crippen molar-refractivity contribution in [1.29, 1.82) is 0 Å². The quantitative estimate of drug-likeness (QED) is 0.385. The summed E-state index contributed by atoms with van der Waals surface area (Å²) in [5.41, 5.74) is 2.61. The van der Waals surface area contributed by atoms with Crippen LogP contribution in [0.5, 0.6) is 11.5 Å². The van der Waals surface area contributed by atoms with Gasteiger partial charge in [-0.25, -0.2) is 0 Å². The fourth-order valence-electron chi connectivity index (χ4n) is 2.92. The van der Waals surface area contributed by atoms with Crippen LogP contribution in [0.3, 0.4) is 0 Å². The van der Waals surface area contributed by atoms with Crippen LogP contribution in [0.4, 0.5) is 5.69 Å². The van der Waals surface area contributed by atoms with Crippen LogP contribution in [0.2, 0.25) is 0 Å². The van der Waals surface area contributed by atoms with Gasteiger partial charge in [-0.1, -0.05) is 42.5 Å². The molecule has 0 saturated heterocycles. The Morgan fingerprint density at radius 3 is 2.03 bits per heavy atom. The van der Waals surface area contributed by atoms with Crippen LogP contribution in [-0.4, -0.2) is 25.0 Å². The lowest BCUT2D eigenvalue weighted by atomic mass is 10.1. The smallest absolute Gasteiger partial charge is 0.272 e. The van der Waals surface area contributed by atoms with E-state index in [1.165, 1.54) is 6.92 Å². The molecule has 32 heavy (non-hydrogen) atoms. The van der Waals surface area contributed by atoms with Gasteiger partial charge in [0.15, 0.2) is 0 Å². The zero-order valence-electron chi connectivity index (χ0n) is 18.1. The maximum Gasteiger partial charge on any atom is 0.272 e. The first-order valence-electron chi connectivity index (χ1n) is 10.3. The first kappa shape index (κ1) is 22.6. The molecule has 0 fully saturated rings. The fourth-order valence-corrected chi connectivity index (χ4v) is 2.92. The molecule has 0 aromatic heterocycles. The molecule has 3 aromatic carbocycles. The van der Waals surface area contributed by atoms with E-state index in [4.69, 9.17) is 9.47 Å². The molecule has 0 bridgehead atoms. The minimum Gasteiger partial charge on any atom is -0.490 e. The third kappa shape index (κ3) is 7.02. The highest BCUT2D eigenvalue weighted by Crippen LogP contribution is 2.17. The number of nitrogens with one attached hydrogen (secondary N) is 2. The normalized spacial score (nSPS) is 10.9. The molecule has 0 aliphatic heterocycles. The van der Waals surface area contributed by atoms with Crippen molar-refractivity contribution in [2.24, 2.45) is 0 Å². The van der Waals surface area contributed by atoms with Crippen LogP contribution in [0.25, 0.3) is 6.08 Å². The Morgan fingerprint density at radius 1 is 0.812 bits per heavy atom. The maximum atomic E-state index is 12.8. The van der Waals surface area contributed by atoms with Gasteiger partial charge < -0.3 is 20.1 Å². The number of carbonyl (C=O) groups excluding carboxylic acids is 2. The molecule has 6 heteroatoms. The number of rotatable bonds is 9. The summed E-state index contributed by atoms with van der Waals surface area (Å²) < 4.78 is 11.3. The molecule has 2 amide bonds. The van der Waals surface area contributed by atoms with Gasteiger partial charge in [-0.3, -0.25) is 9.59 Å². The Kier molecular flexibility index (Phi) is 8.03. The molecule has 0 aliphatic carbocycles. The molecule has 3 aromatic rings. The van der Waals surface area contributed by atoms with E-state index < -0.39 is 5.91 Å². The Hall–Kier alpha value is -4.06. The van der Waals surface area contributed by atoms with E-state index in [1.807, 2.05) is 61.5 Å². The van der Waals surface area contributed by atoms with E-state index in [0.29, 0.717) is 24.7 Å². The molecule has 2 N–H and O–H groups in total. The summed E-state index contributed by atoms with van der Waals surface area (Å²) in [5, 5.41) is 5.41. The fraction of sp³-hybridized carbons (Fsp3) is 0.154. The predicted molar refractivity (Wildman–Crippen MR) is 125 cm³/mol. The maximum absolute atomic E-state index is 12.8. The van der Waals surface area contributed by atoms with Crippen molar-refractivity contribution >= 4 is 23.6 Å². The van der Waals surface area contributed by atoms with Crippen LogP contribution in [0.15, 0.2) is 84.6 Å². The third-order valence-corrected chi connectivity index (χ3v) is 4.52. The third-order valence-electron chi connectivity index (χ3n) is 4.52. The van der Waals surface area contributed by atoms with Crippen molar-refractivity contribution in [2.75, 3.05) is 18.5 Å². The van der Waals surface area contributed by atoms with Gasteiger partial charge >= 0.3 is 0 Å². The molecule has 0 aliphatic rings. The standard InChI is InChI=1S/C26H26N2O4/c1-19-8-6-7-9-21(19)18-25(27-20(2)29)26(30)28-22-12-14-24(15-13-22)32-17-16-31-23-10-4-3-5-11-23/h3-15,18H,16-17H2,1-2H3,(H,27,29)(H,28,30)/b25-18-. The summed E-state index contributed by atoms with van der Waals surface area (Å²) in [7, 11) is 0. The highest BCUT2D eigenvalue weighted by Gasteiger charge is 2.12. The summed E-state index contributed by atoms with van der Waals surface area (Å²) >= 11 is 0. The lowest BCUT2D eigenvalue weighted by Gasteiger charge is -2.12. The number of anilines is 1. The molecule has 164 valence electrons. The van der Waals surface area contributed by atoms with Crippen molar-refractivity contribution in [2.45, 2.75) is 13.8 Å². The van der Waals surface area contributed by atoms with Crippen molar-refractivity contribution in [3.05, 3.63) is 95.7 Å². The Morgan fingerprint density at radius 2 is 1.41 bits per heavy atom.